The molecule has 1 unspecified atom stereocenters. The van der Waals surface area contributed by atoms with Gasteiger partial charge in [-0.1, -0.05) is 31.2 Å². The van der Waals surface area contributed by atoms with Crippen LogP contribution < -0.4 is 5.32 Å². The average molecular weight is 296 g/mol. The second kappa shape index (κ2) is 6.70. The molecular weight excluding hydrogens is 272 g/mol. The van der Waals surface area contributed by atoms with Gasteiger partial charge in [-0.3, -0.25) is 0 Å². The fraction of sp³-hybridized carbons (Fsp3) is 0.600. The lowest BCUT2D eigenvalue weighted by molar-refractivity contribution is 0.384. The first-order valence-electron chi connectivity index (χ1n) is 7.32. The zero-order valence-electron chi connectivity index (χ0n) is 12.3. The third-order valence-corrected chi connectivity index (χ3v) is 6.04. The van der Waals surface area contributed by atoms with Crippen molar-refractivity contribution in [1.82, 2.24) is 9.62 Å². The van der Waals surface area contributed by atoms with Crippen molar-refractivity contribution in [2.75, 3.05) is 19.6 Å². The summed E-state index contributed by atoms with van der Waals surface area (Å²) in [6.07, 6.45) is 1.83. The first kappa shape index (κ1) is 15.5. The second-order valence-electron chi connectivity index (χ2n) is 5.41. The van der Waals surface area contributed by atoms with Crippen molar-refractivity contribution in [3.63, 3.8) is 0 Å². The number of sulfonamides is 1. The van der Waals surface area contributed by atoms with Gasteiger partial charge in [0.2, 0.25) is 10.0 Å². The van der Waals surface area contributed by atoms with Gasteiger partial charge in [0.25, 0.3) is 0 Å². The molecule has 5 heteroatoms. The van der Waals surface area contributed by atoms with Gasteiger partial charge >= 0.3 is 0 Å². The van der Waals surface area contributed by atoms with Crippen LogP contribution in [0.25, 0.3) is 0 Å². The van der Waals surface area contributed by atoms with Crippen LogP contribution in [-0.2, 0) is 23.0 Å². The average Bonchev–Trinajstić information content (AvgIpc) is 2.46. The number of hydrogen-bond donors (Lipinski definition) is 1. The molecule has 1 aromatic rings. The van der Waals surface area contributed by atoms with Crippen LogP contribution in [0.1, 0.15) is 31.4 Å². The highest BCUT2D eigenvalue weighted by Gasteiger charge is 2.30. The highest BCUT2D eigenvalue weighted by atomic mass is 32.2. The number of nitrogens with one attached hydrogen (secondary N) is 1. The Balaban J connectivity index is 2.04. The lowest BCUT2D eigenvalue weighted by Gasteiger charge is -2.30. The van der Waals surface area contributed by atoms with Crippen LogP contribution in [0.3, 0.4) is 0 Å². The maximum atomic E-state index is 12.6. The van der Waals surface area contributed by atoms with Gasteiger partial charge in [-0.05, 0) is 37.4 Å². The molecule has 0 spiro atoms. The molecule has 1 aliphatic rings. The summed E-state index contributed by atoms with van der Waals surface area (Å²) >= 11 is 0. The number of fused-ring (bicyclic) bond motifs is 1. The summed E-state index contributed by atoms with van der Waals surface area (Å²) in [6.45, 7) is 6.36. The van der Waals surface area contributed by atoms with Crippen LogP contribution in [0.15, 0.2) is 24.3 Å². The molecule has 0 saturated heterocycles. The van der Waals surface area contributed by atoms with Gasteiger partial charge in [0.1, 0.15) is 0 Å². The van der Waals surface area contributed by atoms with Crippen molar-refractivity contribution in [2.45, 2.75) is 38.5 Å². The molecule has 0 aliphatic carbocycles. The third kappa shape index (κ3) is 3.40. The van der Waals surface area contributed by atoms with Gasteiger partial charge in [-0.2, -0.15) is 4.31 Å². The topological polar surface area (TPSA) is 49.4 Å². The van der Waals surface area contributed by atoms with E-state index in [1.807, 2.05) is 18.2 Å². The van der Waals surface area contributed by atoms with Crippen LogP contribution in [0.5, 0.6) is 0 Å². The minimum atomic E-state index is -3.21. The van der Waals surface area contributed by atoms with Crippen molar-refractivity contribution in [3.8, 4) is 0 Å². The molecular formula is C15H24N2O2S. The van der Waals surface area contributed by atoms with Crippen molar-refractivity contribution in [3.05, 3.63) is 35.4 Å². The summed E-state index contributed by atoms with van der Waals surface area (Å²) in [5.41, 5.74) is 2.41. The van der Waals surface area contributed by atoms with Gasteiger partial charge in [0.15, 0.2) is 0 Å². The van der Waals surface area contributed by atoms with Crippen LogP contribution in [0.4, 0.5) is 0 Å². The molecule has 20 heavy (non-hydrogen) atoms. The van der Waals surface area contributed by atoms with Gasteiger partial charge in [0, 0.05) is 19.6 Å². The lowest BCUT2D eigenvalue weighted by Crippen LogP contribution is -2.44. The van der Waals surface area contributed by atoms with Crippen LogP contribution in [0.2, 0.25) is 0 Å². The molecule has 1 atom stereocenters. The molecule has 4 nitrogen and oxygen atoms in total. The number of hydrogen-bond acceptors (Lipinski definition) is 3. The van der Waals surface area contributed by atoms with Gasteiger partial charge in [-0.25, -0.2) is 8.42 Å². The molecule has 1 aliphatic heterocycles. The molecule has 112 valence electrons. The largest absolute Gasteiger partial charge is 0.315 e. The van der Waals surface area contributed by atoms with Crippen molar-refractivity contribution in [2.24, 2.45) is 0 Å². The Morgan fingerprint density at radius 3 is 2.70 bits per heavy atom. The Morgan fingerprint density at radius 1 is 1.30 bits per heavy atom. The van der Waals surface area contributed by atoms with Gasteiger partial charge in [-0.15, -0.1) is 0 Å². The highest BCUT2D eigenvalue weighted by molar-refractivity contribution is 7.89. The summed E-state index contributed by atoms with van der Waals surface area (Å²) in [4.78, 5) is 0. The first-order chi connectivity index (χ1) is 9.55. The molecule has 0 saturated carbocycles. The number of rotatable bonds is 6. The Bertz CT molecular complexity index is 543. The molecule has 1 heterocycles. The molecule has 0 radical (unpaired) electrons. The van der Waals surface area contributed by atoms with E-state index in [1.165, 1.54) is 5.56 Å². The van der Waals surface area contributed by atoms with E-state index < -0.39 is 10.0 Å². The fourth-order valence-corrected chi connectivity index (χ4v) is 4.03. The normalized spacial score (nSPS) is 17.7. The Morgan fingerprint density at radius 2 is 2.00 bits per heavy atom. The fourth-order valence-electron chi connectivity index (χ4n) is 2.53. The van der Waals surface area contributed by atoms with E-state index in [0.29, 0.717) is 19.6 Å². The van der Waals surface area contributed by atoms with E-state index in [1.54, 1.807) is 11.2 Å². The van der Waals surface area contributed by atoms with E-state index in [9.17, 15) is 8.42 Å². The van der Waals surface area contributed by atoms with Crippen molar-refractivity contribution < 1.29 is 8.42 Å². The minimum Gasteiger partial charge on any atom is -0.315 e. The predicted octanol–water partition coefficient (Wildman–Crippen LogP) is 1.76. The molecule has 2 rings (SSSR count). The van der Waals surface area contributed by atoms with E-state index in [2.05, 4.69) is 18.3 Å². The summed E-state index contributed by atoms with van der Waals surface area (Å²) in [5, 5.41) is 2.82. The van der Waals surface area contributed by atoms with Gasteiger partial charge in [0.05, 0.1) is 5.25 Å². The summed E-state index contributed by atoms with van der Waals surface area (Å²) in [5.74, 6) is 0. The molecule has 0 fully saturated rings. The SMILES string of the molecule is CCCNCC(C)S(=O)(=O)N1CCc2ccccc2C1. The number of benzene rings is 1. The van der Waals surface area contributed by atoms with E-state index in [-0.39, 0.29) is 5.25 Å². The Kier molecular flexibility index (Phi) is 5.18. The maximum Gasteiger partial charge on any atom is 0.218 e. The third-order valence-electron chi connectivity index (χ3n) is 3.82. The van der Waals surface area contributed by atoms with Crippen LogP contribution in [0, 0.1) is 0 Å². The zero-order valence-corrected chi connectivity index (χ0v) is 13.1. The number of nitrogens with zero attached hydrogens (tertiary/aromatic N) is 1. The molecule has 1 N–H and O–H groups in total. The minimum absolute atomic E-state index is 0.376. The maximum absolute atomic E-state index is 12.6. The second-order valence-corrected chi connectivity index (χ2v) is 7.76. The Hall–Kier alpha value is -0.910. The summed E-state index contributed by atoms with van der Waals surface area (Å²) < 4.78 is 26.8. The van der Waals surface area contributed by atoms with Crippen LogP contribution in [-0.4, -0.2) is 37.6 Å². The predicted molar refractivity (Wildman–Crippen MR) is 82.1 cm³/mol. The standard InChI is InChI=1S/C15H24N2O2S/c1-3-9-16-11-13(2)20(18,19)17-10-8-14-6-4-5-7-15(14)12-17/h4-7,13,16H,3,8-12H2,1-2H3. The molecule has 0 amide bonds. The smallest absolute Gasteiger partial charge is 0.218 e. The lowest BCUT2D eigenvalue weighted by atomic mass is 10.0. The van der Waals surface area contributed by atoms with Crippen molar-refractivity contribution in [1.29, 1.82) is 0 Å². The quantitative estimate of drug-likeness (QED) is 0.814. The van der Waals surface area contributed by atoms with Crippen LogP contribution >= 0.6 is 0 Å². The monoisotopic (exact) mass is 296 g/mol. The van der Waals surface area contributed by atoms with Crippen molar-refractivity contribution >= 4 is 10.0 Å². The van der Waals surface area contributed by atoms with E-state index >= 15 is 0 Å². The molecule has 0 bridgehead atoms. The van der Waals surface area contributed by atoms with E-state index in [0.717, 1.165) is 24.9 Å². The zero-order chi connectivity index (χ0) is 14.6. The highest BCUT2D eigenvalue weighted by Crippen LogP contribution is 2.22. The summed E-state index contributed by atoms with van der Waals surface area (Å²) in [7, 11) is -3.21. The Labute approximate surface area is 122 Å². The molecule has 1 aromatic carbocycles. The molecule has 0 aromatic heterocycles. The van der Waals surface area contributed by atoms with E-state index in [4.69, 9.17) is 0 Å². The first-order valence-corrected chi connectivity index (χ1v) is 8.82. The van der Waals surface area contributed by atoms with Gasteiger partial charge < -0.3 is 5.32 Å². The summed E-state index contributed by atoms with van der Waals surface area (Å²) in [6, 6.07) is 8.10.